The van der Waals surface area contributed by atoms with Gasteiger partial charge < -0.3 is 10.5 Å². The number of likely N-dealkylation sites (tertiary alicyclic amines) is 1. The molecule has 4 nitrogen and oxygen atoms in total. The van der Waals surface area contributed by atoms with E-state index in [0.29, 0.717) is 13.2 Å². The Morgan fingerprint density at radius 3 is 3.00 bits per heavy atom. The maximum absolute atomic E-state index is 13.5. The second kappa shape index (κ2) is 6.70. The Morgan fingerprint density at radius 2 is 2.30 bits per heavy atom. The lowest BCUT2D eigenvalue weighted by molar-refractivity contribution is -0.124. The molecule has 0 aromatic heterocycles. The summed E-state index contributed by atoms with van der Waals surface area (Å²) in [6.45, 7) is 3.68. The second-order valence-corrected chi connectivity index (χ2v) is 5.08. The van der Waals surface area contributed by atoms with Crippen molar-refractivity contribution in [1.29, 1.82) is 0 Å². The molecule has 1 heterocycles. The summed E-state index contributed by atoms with van der Waals surface area (Å²) in [6, 6.07) is 4.61. The Balaban J connectivity index is 2.11. The number of hydrogen-bond acceptors (Lipinski definition) is 3. The van der Waals surface area contributed by atoms with Gasteiger partial charge in [-0.25, -0.2) is 4.39 Å². The molecule has 2 rings (SSSR count). The number of carbonyl (C=O) groups is 1. The zero-order valence-electron chi connectivity index (χ0n) is 11.8. The number of benzene rings is 1. The molecule has 1 aromatic rings. The third-order valence-electron chi connectivity index (χ3n) is 3.62. The molecule has 0 saturated carbocycles. The molecule has 1 amide bonds. The quantitative estimate of drug-likeness (QED) is 0.898. The maximum Gasteiger partial charge on any atom is 0.234 e. The van der Waals surface area contributed by atoms with E-state index in [-0.39, 0.29) is 23.5 Å². The summed E-state index contributed by atoms with van der Waals surface area (Å²) in [5.74, 6) is -0.379. The molecule has 0 spiro atoms. The molecule has 110 valence electrons. The molecule has 2 N–H and O–H groups in total. The standard InChI is InChI=1S/C15H21FN2O2/c1-2-20-14-9-11(6-7-12(14)16)10-18-8-4-3-5-13(18)15(17)19/h6-7,9,13H,2-5,8,10H2,1H3,(H2,17,19). The normalized spacial score (nSPS) is 19.8. The van der Waals surface area contributed by atoms with Gasteiger partial charge in [-0.15, -0.1) is 0 Å². The summed E-state index contributed by atoms with van der Waals surface area (Å²) < 4.78 is 18.8. The van der Waals surface area contributed by atoms with Crippen molar-refractivity contribution in [2.45, 2.75) is 38.8 Å². The molecule has 1 fully saturated rings. The van der Waals surface area contributed by atoms with E-state index in [2.05, 4.69) is 4.90 Å². The smallest absolute Gasteiger partial charge is 0.234 e. The number of amides is 1. The van der Waals surface area contributed by atoms with Crippen LogP contribution >= 0.6 is 0 Å². The lowest BCUT2D eigenvalue weighted by Gasteiger charge is -2.33. The van der Waals surface area contributed by atoms with E-state index in [1.165, 1.54) is 6.07 Å². The summed E-state index contributed by atoms with van der Waals surface area (Å²) in [4.78, 5) is 13.5. The Morgan fingerprint density at radius 1 is 1.50 bits per heavy atom. The molecular weight excluding hydrogens is 259 g/mol. The highest BCUT2D eigenvalue weighted by molar-refractivity contribution is 5.79. The lowest BCUT2D eigenvalue weighted by atomic mass is 10.0. The van der Waals surface area contributed by atoms with Gasteiger partial charge in [-0.2, -0.15) is 0 Å². The first-order valence-electron chi connectivity index (χ1n) is 7.06. The number of nitrogens with two attached hydrogens (primary N) is 1. The van der Waals surface area contributed by atoms with Crippen molar-refractivity contribution in [2.24, 2.45) is 5.73 Å². The molecule has 1 aliphatic rings. The third-order valence-corrected chi connectivity index (χ3v) is 3.62. The summed E-state index contributed by atoms with van der Waals surface area (Å²) in [7, 11) is 0. The van der Waals surface area contributed by atoms with Gasteiger partial charge in [-0.3, -0.25) is 9.69 Å². The van der Waals surface area contributed by atoms with Crippen LogP contribution in [0.15, 0.2) is 18.2 Å². The minimum Gasteiger partial charge on any atom is -0.491 e. The topological polar surface area (TPSA) is 55.6 Å². The van der Waals surface area contributed by atoms with Crippen LogP contribution in [0.4, 0.5) is 4.39 Å². The van der Waals surface area contributed by atoms with Crippen molar-refractivity contribution >= 4 is 5.91 Å². The largest absolute Gasteiger partial charge is 0.491 e. The molecule has 1 atom stereocenters. The SMILES string of the molecule is CCOc1cc(CN2CCCCC2C(N)=O)ccc1F. The lowest BCUT2D eigenvalue weighted by Crippen LogP contribution is -2.47. The van der Waals surface area contributed by atoms with Crippen LogP contribution in [0.25, 0.3) is 0 Å². The van der Waals surface area contributed by atoms with Gasteiger partial charge in [0.05, 0.1) is 12.6 Å². The molecule has 0 aliphatic carbocycles. The van der Waals surface area contributed by atoms with Gasteiger partial charge in [0.2, 0.25) is 5.91 Å². The Bertz CT molecular complexity index is 479. The predicted molar refractivity (Wildman–Crippen MR) is 74.8 cm³/mol. The summed E-state index contributed by atoms with van der Waals surface area (Å²) in [5.41, 5.74) is 6.38. The van der Waals surface area contributed by atoms with E-state index in [1.807, 2.05) is 6.92 Å². The summed E-state index contributed by atoms with van der Waals surface area (Å²) in [6.07, 6.45) is 2.88. The van der Waals surface area contributed by atoms with Crippen molar-refractivity contribution < 1.29 is 13.9 Å². The van der Waals surface area contributed by atoms with E-state index >= 15 is 0 Å². The Kier molecular flexibility index (Phi) is 4.95. The van der Waals surface area contributed by atoms with Crippen molar-refractivity contribution in [3.8, 4) is 5.75 Å². The number of carbonyl (C=O) groups excluding carboxylic acids is 1. The molecule has 1 aliphatic heterocycles. The molecule has 5 heteroatoms. The van der Waals surface area contributed by atoms with Crippen LogP contribution < -0.4 is 10.5 Å². The van der Waals surface area contributed by atoms with Crippen LogP contribution in [-0.4, -0.2) is 30.0 Å². The van der Waals surface area contributed by atoms with Gasteiger partial charge >= 0.3 is 0 Å². The van der Waals surface area contributed by atoms with Gasteiger partial charge in [-0.1, -0.05) is 12.5 Å². The summed E-state index contributed by atoms with van der Waals surface area (Å²) >= 11 is 0. The number of hydrogen-bond donors (Lipinski definition) is 1. The molecule has 0 radical (unpaired) electrons. The highest BCUT2D eigenvalue weighted by atomic mass is 19.1. The average molecular weight is 280 g/mol. The van der Waals surface area contributed by atoms with Crippen LogP contribution in [0.2, 0.25) is 0 Å². The van der Waals surface area contributed by atoms with Crippen LogP contribution in [-0.2, 0) is 11.3 Å². The second-order valence-electron chi connectivity index (χ2n) is 5.08. The highest BCUT2D eigenvalue weighted by Gasteiger charge is 2.26. The first kappa shape index (κ1) is 14.8. The first-order chi connectivity index (χ1) is 9.61. The van der Waals surface area contributed by atoms with Crippen LogP contribution in [0.3, 0.4) is 0 Å². The number of halogens is 1. The van der Waals surface area contributed by atoms with E-state index in [1.54, 1.807) is 12.1 Å². The molecule has 1 saturated heterocycles. The predicted octanol–water partition coefficient (Wildman–Crippen LogP) is 2.06. The minimum atomic E-state index is -0.360. The monoisotopic (exact) mass is 280 g/mol. The van der Waals surface area contributed by atoms with E-state index in [0.717, 1.165) is 31.4 Å². The average Bonchev–Trinajstić information content (AvgIpc) is 2.43. The number of rotatable bonds is 5. The minimum absolute atomic E-state index is 0.218. The zero-order valence-corrected chi connectivity index (χ0v) is 11.8. The van der Waals surface area contributed by atoms with Gasteiger partial charge in [0, 0.05) is 6.54 Å². The Labute approximate surface area is 118 Å². The van der Waals surface area contributed by atoms with E-state index in [4.69, 9.17) is 10.5 Å². The fourth-order valence-electron chi connectivity index (χ4n) is 2.65. The Hall–Kier alpha value is -1.62. The molecular formula is C15H21FN2O2. The van der Waals surface area contributed by atoms with Crippen LogP contribution in [0.1, 0.15) is 31.7 Å². The third kappa shape index (κ3) is 3.48. The fourth-order valence-corrected chi connectivity index (χ4v) is 2.65. The molecule has 0 bridgehead atoms. The maximum atomic E-state index is 13.5. The van der Waals surface area contributed by atoms with Gasteiger partial charge in [-0.05, 0) is 44.0 Å². The van der Waals surface area contributed by atoms with Crippen molar-refractivity contribution in [2.75, 3.05) is 13.2 Å². The van der Waals surface area contributed by atoms with E-state index < -0.39 is 0 Å². The van der Waals surface area contributed by atoms with Gasteiger partial charge in [0.1, 0.15) is 0 Å². The van der Waals surface area contributed by atoms with Crippen molar-refractivity contribution in [1.82, 2.24) is 4.90 Å². The number of piperidine rings is 1. The zero-order chi connectivity index (χ0) is 14.5. The number of nitrogens with zero attached hydrogens (tertiary/aromatic N) is 1. The molecule has 1 aromatic carbocycles. The van der Waals surface area contributed by atoms with Crippen molar-refractivity contribution in [3.63, 3.8) is 0 Å². The number of primary amides is 1. The molecule has 1 unspecified atom stereocenters. The van der Waals surface area contributed by atoms with Crippen LogP contribution in [0, 0.1) is 5.82 Å². The van der Waals surface area contributed by atoms with Crippen molar-refractivity contribution in [3.05, 3.63) is 29.6 Å². The van der Waals surface area contributed by atoms with Crippen LogP contribution in [0.5, 0.6) is 5.75 Å². The van der Waals surface area contributed by atoms with E-state index in [9.17, 15) is 9.18 Å². The van der Waals surface area contributed by atoms with Gasteiger partial charge in [0.25, 0.3) is 0 Å². The number of ether oxygens (including phenoxy) is 1. The molecule has 20 heavy (non-hydrogen) atoms. The highest BCUT2D eigenvalue weighted by Crippen LogP contribution is 2.23. The summed E-state index contributed by atoms with van der Waals surface area (Å²) in [5, 5.41) is 0. The first-order valence-corrected chi connectivity index (χ1v) is 7.06. The fraction of sp³-hybridized carbons (Fsp3) is 0.533. The van der Waals surface area contributed by atoms with Gasteiger partial charge in [0.15, 0.2) is 11.6 Å².